The van der Waals surface area contributed by atoms with Gasteiger partial charge in [0.15, 0.2) is 6.10 Å². The van der Waals surface area contributed by atoms with Gasteiger partial charge in [-0.05, 0) is 42.4 Å². The Kier molecular flexibility index (Phi) is 2.93. The van der Waals surface area contributed by atoms with Crippen molar-refractivity contribution in [2.24, 2.45) is 0 Å². The van der Waals surface area contributed by atoms with Crippen LogP contribution in [0.15, 0.2) is 18.2 Å². The van der Waals surface area contributed by atoms with E-state index in [0.717, 1.165) is 36.8 Å². The maximum atomic E-state index is 12.3. The van der Waals surface area contributed by atoms with E-state index in [0.29, 0.717) is 0 Å². The van der Waals surface area contributed by atoms with Crippen molar-refractivity contribution in [3.8, 4) is 0 Å². The Morgan fingerprint density at radius 1 is 1.06 bits per heavy atom. The van der Waals surface area contributed by atoms with Crippen molar-refractivity contribution < 1.29 is 18.3 Å². The molecule has 1 nitrogen and oxygen atoms in total. The maximum Gasteiger partial charge on any atom is 0.418 e. The second-order valence-electron chi connectivity index (χ2n) is 4.18. The average Bonchev–Trinajstić information content (AvgIpc) is 2.26. The molecule has 2 rings (SSSR count). The van der Waals surface area contributed by atoms with Gasteiger partial charge in [-0.3, -0.25) is 0 Å². The van der Waals surface area contributed by atoms with Crippen LogP contribution in [0.5, 0.6) is 0 Å². The second kappa shape index (κ2) is 4.09. The zero-order chi connectivity index (χ0) is 11.8. The van der Waals surface area contributed by atoms with Crippen LogP contribution in [-0.4, -0.2) is 11.3 Å². The van der Waals surface area contributed by atoms with Crippen LogP contribution in [0.25, 0.3) is 0 Å². The molecule has 0 radical (unpaired) electrons. The molecule has 0 fully saturated rings. The van der Waals surface area contributed by atoms with Crippen LogP contribution >= 0.6 is 0 Å². The molecule has 1 aliphatic carbocycles. The number of aryl methyl sites for hydroxylation is 2. The Morgan fingerprint density at radius 3 is 2.31 bits per heavy atom. The summed E-state index contributed by atoms with van der Waals surface area (Å²) >= 11 is 0. The van der Waals surface area contributed by atoms with E-state index in [1.165, 1.54) is 12.1 Å². The van der Waals surface area contributed by atoms with Gasteiger partial charge < -0.3 is 5.11 Å². The molecule has 4 heteroatoms. The molecule has 0 saturated heterocycles. The van der Waals surface area contributed by atoms with Crippen LogP contribution in [0, 0.1) is 0 Å². The molecule has 0 spiro atoms. The minimum Gasteiger partial charge on any atom is -0.379 e. The van der Waals surface area contributed by atoms with Crippen molar-refractivity contribution in [1.82, 2.24) is 0 Å². The van der Waals surface area contributed by atoms with Gasteiger partial charge in [-0.15, -0.1) is 0 Å². The van der Waals surface area contributed by atoms with Gasteiger partial charge in [0.1, 0.15) is 0 Å². The first-order chi connectivity index (χ1) is 7.48. The van der Waals surface area contributed by atoms with E-state index < -0.39 is 12.3 Å². The van der Waals surface area contributed by atoms with Gasteiger partial charge in [-0.25, -0.2) is 0 Å². The maximum absolute atomic E-state index is 12.3. The molecule has 16 heavy (non-hydrogen) atoms. The lowest BCUT2D eigenvalue weighted by atomic mass is 9.89. The van der Waals surface area contributed by atoms with Crippen molar-refractivity contribution in [3.05, 3.63) is 34.9 Å². The summed E-state index contributed by atoms with van der Waals surface area (Å²) in [6.07, 6.45) is -3.10. The summed E-state index contributed by atoms with van der Waals surface area (Å²) in [5, 5.41) is 9.13. The molecule has 1 unspecified atom stereocenters. The third-order valence-electron chi connectivity index (χ3n) is 3.00. The van der Waals surface area contributed by atoms with E-state index in [9.17, 15) is 13.2 Å². The molecule has 1 N–H and O–H groups in total. The monoisotopic (exact) mass is 230 g/mol. The highest BCUT2D eigenvalue weighted by atomic mass is 19.4. The van der Waals surface area contributed by atoms with Gasteiger partial charge in [-0.1, -0.05) is 18.2 Å². The average molecular weight is 230 g/mol. The number of hydrogen-bond acceptors (Lipinski definition) is 1. The van der Waals surface area contributed by atoms with Crippen molar-refractivity contribution in [2.75, 3.05) is 0 Å². The Balaban J connectivity index is 2.30. The zero-order valence-electron chi connectivity index (χ0n) is 8.72. The van der Waals surface area contributed by atoms with Gasteiger partial charge in [0.25, 0.3) is 0 Å². The predicted octanol–water partition coefficient (Wildman–Crippen LogP) is 3.16. The van der Waals surface area contributed by atoms with Crippen LogP contribution in [0.4, 0.5) is 13.2 Å². The van der Waals surface area contributed by atoms with Crippen LogP contribution < -0.4 is 0 Å². The van der Waals surface area contributed by atoms with Crippen molar-refractivity contribution in [2.45, 2.75) is 38.0 Å². The molecule has 0 bridgehead atoms. The van der Waals surface area contributed by atoms with E-state index in [-0.39, 0.29) is 5.56 Å². The number of hydrogen-bond donors (Lipinski definition) is 1. The van der Waals surface area contributed by atoms with Crippen molar-refractivity contribution in [1.29, 1.82) is 0 Å². The summed E-state index contributed by atoms with van der Waals surface area (Å²) < 4.78 is 37.0. The molecule has 1 aliphatic rings. The van der Waals surface area contributed by atoms with Gasteiger partial charge >= 0.3 is 6.18 Å². The predicted molar refractivity (Wildman–Crippen MR) is 54.1 cm³/mol. The number of benzene rings is 1. The number of fused-ring (bicyclic) bond motifs is 1. The van der Waals surface area contributed by atoms with Crippen LogP contribution in [0.1, 0.15) is 35.6 Å². The second-order valence-corrected chi connectivity index (χ2v) is 4.18. The highest BCUT2D eigenvalue weighted by Crippen LogP contribution is 2.34. The number of halogens is 3. The number of alkyl halides is 3. The van der Waals surface area contributed by atoms with Gasteiger partial charge in [-0.2, -0.15) is 13.2 Å². The smallest absolute Gasteiger partial charge is 0.379 e. The third kappa shape index (κ3) is 2.21. The highest BCUT2D eigenvalue weighted by Gasteiger charge is 2.39. The molecule has 1 aromatic carbocycles. The summed E-state index contributed by atoms with van der Waals surface area (Å²) in [5.74, 6) is 0. The van der Waals surface area contributed by atoms with E-state index >= 15 is 0 Å². The fourth-order valence-corrected chi connectivity index (χ4v) is 2.11. The SMILES string of the molecule is OC(c1ccc2c(c1)CCCC2)C(F)(F)F. The Morgan fingerprint density at radius 2 is 1.69 bits per heavy atom. The molecule has 1 aromatic rings. The Hall–Kier alpha value is -1.03. The summed E-state index contributed by atoms with van der Waals surface area (Å²) in [6, 6.07) is 4.58. The van der Waals surface area contributed by atoms with Crippen LogP contribution in [-0.2, 0) is 12.8 Å². The van der Waals surface area contributed by atoms with E-state index in [1.807, 2.05) is 0 Å². The normalized spacial score (nSPS) is 18.0. The Bertz CT molecular complexity index is 384. The van der Waals surface area contributed by atoms with E-state index in [2.05, 4.69) is 0 Å². The van der Waals surface area contributed by atoms with E-state index in [1.54, 1.807) is 6.07 Å². The van der Waals surface area contributed by atoms with Crippen LogP contribution in [0.3, 0.4) is 0 Å². The van der Waals surface area contributed by atoms with Crippen LogP contribution in [0.2, 0.25) is 0 Å². The molecule has 0 aromatic heterocycles. The summed E-state index contributed by atoms with van der Waals surface area (Å²) in [7, 11) is 0. The fraction of sp³-hybridized carbons (Fsp3) is 0.500. The molecular weight excluding hydrogens is 217 g/mol. The molecule has 0 heterocycles. The largest absolute Gasteiger partial charge is 0.418 e. The van der Waals surface area contributed by atoms with Gasteiger partial charge in [0.05, 0.1) is 0 Å². The minimum absolute atomic E-state index is 0.0480. The molecular formula is C12H13F3O. The van der Waals surface area contributed by atoms with E-state index in [4.69, 9.17) is 5.11 Å². The van der Waals surface area contributed by atoms with Crippen molar-refractivity contribution in [3.63, 3.8) is 0 Å². The molecule has 0 saturated carbocycles. The first-order valence-electron chi connectivity index (χ1n) is 5.35. The lowest BCUT2D eigenvalue weighted by Crippen LogP contribution is -2.20. The number of aliphatic hydroxyl groups is 1. The Labute approximate surface area is 91.9 Å². The first kappa shape index (κ1) is 11.5. The molecule has 88 valence electrons. The van der Waals surface area contributed by atoms with Gasteiger partial charge in [0, 0.05) is 0 Å². The third-order valence-corrected chi connectivity index (χ3v) is 3.00. The quantitative estimate of drug-likeness (QED) is 0.785. The zero-order valence-corrected chi connectivity index (χ0v) is 8.72. The standard InChI is InChI=1S/C12H13F3O/c13-12(14,15)11(16)10-6-5-8-3-1-2-4-9(8)7-10/h5-7,11,16H,1-4H2. The molecule has 0 amide bonds. The van der Waals surface area contributed by atoms with Gasteiger partial charge in [0.2, 0.25) is 0 Å². The summed E-state index contributed by atoms with van der Waals surface area (Å²) in [4.78, 5) is 0. The lowest BCUT2D eigenvalue weighted by molar-refractivity contribution is -0.206. The highest BCUT2D eigenvalue weighted by molar-refractivity contribution is 5.35. The minimum atomic E-state index is -4.58. The first-order valence-corrected chi connectivity index (χ1v) is 5.35. The fourth-order valence-electron chi connectivity index (χ4n) is 2.11. The summed E-state index contributed by atoms with van der Waals surface area (Å²) in [6.45, 7) is 0. The lowest BCUT2D eigenvalue weighted by Gasteiger charge is -2.20. The molecule has 0 aliphatic heterocycles. The summed E-state index contributed by atoms with van der Waals surface area (Å²) in [5.41, 5.74) is 2.02. The molecule has 1 atom stereocenters. The number of aliphatic hydroxyl groups excluding tert-OH is 1. The topological polar surface area (TPSA) is 20.2 Å². The van der Waals surface area contributed by atoms with Crippen molar-refractivity contribution >= 4 is 0 Å². The number of rotatable bonds is 1.